The Kier molecular flexibility index (Phi) is 9.20. The van der Waals surface area contributed by atoms with Gasteiger partial charge < -0.3 is 15.1 Å². The van der Waals surface area contributed by atoms with Crippen molar-refractivity contribution in [1.82, 2.24) is 24.6 Å². The van der Waals surface area contributed by atoms with Gasteiger partial charge in [-0.1, -0.05) is 20.8 Å². The molecule has 4 aromatic heterocycles. The first-order valence-electron chi connectivity index (χ1n) is 14.7. The van der Waals surface area contributed by atoms with Gasteiger partial charge in [0.05, 0.1) is 40.1 Å². The third-order valence-electron chi connectivity index (χ3n) is 7.46. The van der Waals surface area contributed by atoms with E-state index in [2.05, 4.69) is 20.3 Å². The lowest BCUT2D eigenvalue weighted by molar-refractivity contribution is 0.0750. The Bertz CT molecular complexity index is 1850. The average Bonchev–Trinajstić information content (AvgIpc) is 3.63. The lowest BCUT2D eigenvalue weighted by atomic mass is 9.92. The van der Waals surface area contributed by atoms with Gasteiger partial charge in [0, 0.05) is 43.4 Å². The van der Waals surface area contributed by atoms with E-state index in [1.54, 1.807) is 43.5 Å². The zero-order valence-electron chi connectivity index (χ0n) is 26.9. The summed E-state index contributed by atoms with van der Waals surface area (Å²) in [5, 5.41) is 10.0. The molecule has 0 atom stereocenters. The van der Waals surface area contributed by atoms with Gasteiger partial charge in [-0.25, -0.2) is 14.5 Å². The summed E-state index contributed by atoms with van der Waals surface area (Å²) in [7, 11) is -4.14. The van der Waals surface area contributed by atoms with Crippen LogP contribution in [0.15, 0.2) is 48.0 Å². The Morgan fingerprint density at radius 3 is 2.30 bits per heavy atom. The van der Waals surface area contributed by atoms with Gasteiger partial charge >= 0.3 is 6.03 Å². The minimum absolute atomic E-state index is 0.0461. The van der Waals surface area contributed by atoms with E-state index in [9.17, 15) is 18.0 Å². The molecule has 13 nitrogen and oxygen atoms in total. The number of piperazine rings is 1. The quantitative estimate of drug-likeness (QED) is 0.274. The van der Waals surface area contributed by atoms with Crippen molar-refractivity contribution in [2.75, 3.05) is 47.7 Å². The number of carbonyl (C=O) groups excluding carboxylic acids is 2. The molecular weight excluding hydrogens is 629 g/mol. The van der Waals surface area contributed by atoms with E-state index in [4.69, 9.17) is 9.27 Å². The summed E-state index contributed by atoms with van der Waals surface area (Å²) in [5.74, 6) is 0.828. The van der Waals surface area contributed by atoms with Crippen molar-refractivity contribution in [1.29, 1.82) is 0 Å². The van der Waals surface area contributed by atoms with Crippen molar-refractivity contribution < 1.29 is 22.3 Å². The fourth-order valence-electron chi connectivity index (χ4n) is 4.87. The van der Waals surface area contributed by atoms with Crippen molar-refractivity contribution in [2.24, 2.45) is 0 Å². The summed E-state index contributed by atoms with van der Waals surface area (Å²) in [6.07, 6.45) is 2.45. The highest BCUT2D eigenvalue weighted by Crippen LogP contribution is 2.30. The molecule has 0 spiro atoms. The van der Waals surface area contributed by atoms with Crippen LogP contribution in [0.2, 0.25) is 0 Å². The van der Waals surface area contributed by atoms with Crippen molar-refractivity contribution in [3.05, 3.63) is 75.5 Å². The molecule has 3 amide bonds. The maximum absolute atomic E-state index is 13.7. The Balaban J connectivity index is 1.37. The number of carbonyl (C=O) groups is 2. The number of hydroxylamine groups is 1. The molecule has 1 fully saturated rings. The van der Waals surface area contributed by atoms with E-state index < -0.39 is 21.6 Å². The lowest BCUT2D eigenvalue weighted by Gasteiger charge is -2.35. The molecular formula is C31H38N8O5S2. The molecule has 0 aromatic carbocycles. The Labute approximate surface area is 272 Å². The minimum Gasteiger partial charge on any atom is -0.353 e. The summed E-state index contributed by atoms with van der Waals surface area (Å²) in [5.41, 5.74) is 3.35. The monoisotopic (exact) mass is 666 g/mol. The van der Waals surface area contributed by atoms with Gasteiger partial charge in [-0.15, -0.1) is 20.7 Å². The highest BCUT2D eigenvalue weighted by atomic mass is 32.2. The molecule has 1 aliphatic heterocycles. The van der Waals surface area contributed by atoms with E-state index in [-0.39, 0.29) is 11.7 Å². The zero-order valence-corrected chi connectivity index (χ0v) is 28.6. The van der Waals surface area contributed by atoms with Gasteiger partial charge in [-0.3, -0.25) is 9.78 Å². The predicted octanol–water partition coefficient (Wildman–Crippen LogP) is 4.84. The molecule has 5 rings (SSSR count). The van der Waals surface area contributed by atoms with Gasteiger partial charge in [0.15, 0.2) is 5.82 Å². The number of nitrogens with zero attached hydrogens (tertiary/aromatic N) is 7. The maximum Gasteiger partial charge on any atom is 0.353 e. The summed E-state index contributed by atoms with van der Waals surface area (Å²) < 4.78 is 31.4. The fraction of sp³-hybridized carbons (Fsp3) is 0.387. The summed E-state index contributed by atoms with van der Waals surface area (Å²) >= 11 is 1.46. The Morgan fingerprint density at radius 2 is 1.74 bits per heavy atom. The van der Waals surface area contributed by atoms with Crippen LogP contribution in [-0.4, -0.2) is 77.4 Å². The number of hydrogen-bond donors (Lipinski definition) is 1. The number of aromatic nitrogens is 4. The summed E-state index contributed by atoms with van der Waals surface area (Å²) in [6.45, 7) is 13.8. The molecule has 0 saturated carbocycles. The van der Waals surface area contributed by atoms with Crippen LogP contribution in [-0.2, 0) is 19.8 Å². The lowest BCUT2D eigenvalue weighted by Crippen LogP contribution is -2.49. The molecule has 15 heteroatoms. The van der Waals surface area contributed by atoms with E-state index in [0.717, 1.165) is 22.4 Å². The van der Waals surface area contributed by atoms with Crippen LogP contribution in [0.3, 0.4) is 0 Å². The number of nitrogens with one attached hydrogen (secondary N) is 1. The molecule has 46 heavy (non-hydrogen) atoms. The van der Waals surface area contributed by atoms with E-state index in [1.165, 1.54) is 16.0 Å². The third kappa shape index (κ3) is 7.37. The van der Waals surface area contributed by atoms with E-state index in [1.807, 2.05) is 51.0 Å². The highest BCUT2D eigenvalue weighted by Gasteiger charge is 2.31. The molecule has 0 aliphatic carbocycles. The maximum atomic E-state index is 13.7. The first-order chi connectivity index (χ1) is 21.6. The van der Waals surface area contributed by atoms with Crippen molar-refractivity contribution >= 4 is 50.7 Å². The SMILES string of the molecule is Cc1ccc(-n2nc(C(C)(C)C)cc2N(OS(C)(=O)=O)C(=O)Nc2ccc(N3CCN(C(=O)c4sccc4C)CC3)nc2C)cn1. The van der Waals surface area contributed by atoms with Crippen molar-refractivity contribution in [3.8, 4) is 5.69 Å². The molecule has 4 aromatic rings. The highest BCUT2D eigenvalue weighted by molar-refractivity contribution is 7.86. The normalized spacial score (nSPS) is 14.0. The number of hydrogen-bond acceptors (Lipinski definition) is 10. The molecule has 5 heterocycles. The Hall–Kier alpha value is -4.34. The third-order valence-corrected chi connectivity index (χ3v) is 8.89. The zero-order chi connectivity index (χ0) is 33.4. The second-order valence-corrected chi connectivity index (χ2v) is 14.7. The van der Waals surface area contributed by atoms with E-state index >= 15 is 0 Å². The van der Waals surface area contributed by atoms with Crippen LogP contribution in [0.4, 0.5) is 22.1 Å². The number of anilines is 3. The van der Waals surface area contributed by atoms with Crippen LogP contribution in [0.1, 0.15) is 53.1 Å². The molecule has 244 valence electrons. The Morgan fingerprint density at radius 1 is 1.02 bits per heavy atom. The fourth-order valence-corrected chi connectivity index (χ4v) is 6.17. The number of urea groups is 1. The van der Waals surface area contributed by atoms with Crippen LogP contribution in [0, 0.1) is 20.8 Å². The number of aryl methyl sites for hydroxylation is 3. The number of amides is 3. The molecule has 1 aliphatic rings. The topological polar surface area (TPSA) is 143 Å². The molecule has 0 bridgehead atoms. The largest absolute Gasteiger partial charge is 0.353 e. The number of pyridine rings is 2. The van der Waals surface area contributed by atoms with Crippen LogP contribution >= 0.6 is 11.3 Å². The van der Waals surface area contributed by atoms with Gasteiger partial charge in [0.25, 0.3) is 16.0 Å². The number of rotatable bonds is 7. The molecule has 0 unspecified atom stereocenters. The van der Waals surface area contributed by atoms with Crippen LogP contribution in [0.5, 0.6) is 0 Å². The second kappa shape index (κ2) is 12.8. The first-order valence-corrected chi connectivity index (χ1v) is 17.4. The smallest absolute Gasteiger partial charge is 0.353 e. The molecule has 1 N–H and O–H groups in total. The van der Waals surface area contributed by atoms with Crippen molar-refractivity contribution in [3.63, 3.8) is 0 Å². The van der Waals surface area contributed by atoms with Crippen LogP contribution < -0.4 is 15.3 Å². The first kappa shape index (κ1) is 33.0. The van der Waals surface area contributed by atoms with Gasteiger partial charge in [-0.05, 0) is 62.0 Å². The van der Waals surface area contributed by atoms with Crippen LogP contribution in [0.25, 0.3) is 5.69 Å². The second-order valence-electron chi connectivity index (χ2n) is 12.2. The molecule has 0 radical (unpaired) electrons. The van der Waals surface area contributed by atoms with Crippen molar-refractivity contribution in [2.45, 2.75) is 47.0 Å². The summed E-state index contributed by atoms with van der Waals surface area (Å²) in [6, 6.07) is 9.76. The summed E-state index contributed by atoms with van der Waals surface area (Å²) in [4.78, 5) is 40.4. The van der Waals surface area contributed by atoms with E-state index in [0.29, 0.717) is 59.8 Å². The predicted molar refractivity (Wildman–Crippen MR) is 178 cm³/mol. The van der Waals surface area contributed by atoms with Gasteiger partial charge in [0.1, 0.15) is 5.82 Å². The standard InChI is InChI=1S/C31H38N8O5S2/c1-20-12-17-45-28(20)29(40)37-15-13-36(14-16-37)26-11-10-24(22(3)33-26)34-30(41)39(44-46(7,42)43)27-18-25(31(4,5)6)35-38(27)23-9-8-21(2)32-19-23/h8-12,17-19H,13-16H2,1-7H3,(H,34,41). The molecule has 1 saturated heterocycles. The number of thiophene rings is 1. The minimum atomic E-state index is -4.14. The van der Waals surface area contributed by atoms with Gasteiger partial charge in [-0.2, -0.15) is 13.5 Å². The average molecular weight is 667 g/mol. The van der Waals surface area contributed by atoms with Gasteiger partial charge in [0.2, 0.25) is 0 Å².